The van der Waals surface area contributed by atoms with Gasteiger partial charge in [0.1, 0.15) is 5.75 Å². The summed E-state index contributed by atoms with van der Waals surface area (Å²) in [5, 5.41) is 0. The first-order valence-electron chi connectivity index (χ1n) is 9.26. The normalized spacial score (nSPS) is 18.0. The van der Waals surface area contributed by atoms with Gasteiger partial charge in [0.15, 0.2) is 0 Å². The Hall–Kier alpha value is -2.31. The number of nitrogens with zero attached hydrogens (tertiary/aromatic N) is 2. The lowest BCUT2D eigenvalue weighted by atomic mass is 9.98. The molecular formula is C21H24N2O3S. The third-order valence-corrected chi connectivity index (χ3v) is 7.38. The minimum atomic E-state index is -3.41. The van der Waals surface area contributed by atoms with E-state index >= 15 is 0 Å². The predicted molar refractivity (Wildman–Crippen MR) is 108 cm³/mol. The van der Waals surface area contributed by atoms with E-state index in [0.29, 0.717) is 37.5 Å². The van der Waals surface area contributed by atoms with Crippen LogP contribution >= 0.6 is 0 Å². The predicted octanol–water partition coefficient (Wildman–Crippen LogP) is 3.13. The van der Waals surface area contributed by atoms with Crippen molar-refractivity contribution in [3.63, 3.8) is 0 Å². The molecule has 1 aliphatic heterocycles. The molecule has 142 valence electrons. The van der Waals surface area contributed by atoms with Crippen molar-refractivity contribution in [3.8, 4) is 5.75 Å². The Morgan fingerprint density at radius 1 is 0.889 bits per heavy atom. The molecule has 2 aliphatic rings. The van der Waals surface area contributed by atoms with Crippen LogP contribution in [0.1, 0.15) is 17.5 Å². The zero-order chi connectivity index (χ0) is 18.9. The number of fused-ring (bicyclic) bond motifs is 1. The fourth-order valence-electron chi connectivity index (χ4n) is 3.84. The summed E-state index contributed by atoms with van der Waals surface area (Å²) in [6.45, 7) is 2.28. The van der Waals surface area contributed by atoms with Crippen molar-refractivity contribution in [2.75, 3.05) is 38.2 Å². The van der Waals surface area contributed by atoms with E-state index in [4.69, 9.17) is 4.74 Å². The molecule has 1 fully saturated rings. The van der Waals surface area contributed by atoms with E-state index in [1.54, 1.807) is 11.4 Å². The Bertz CT molecular complexity index is 961. The molecule has 0 atom stereocenters. The minimum Gasteiger partial charge on any atom is -0.495 e. The van der Waals surface area contributed by atoms with Crippen molar-refractivity contribution in [3.05, 3.63) is 64.6 Å². The SMILES string of the molecule is COc1ccccc1N1CCN(S(=O)(=O)C2=Cc3ccccc3CC2)CC1. The highest BCUT2D eigenvalue weighted by Crippen LogP contribution is 2.31. The molecule has 0 radical (unpaired) electrons. The van der Waals surface area contributed by atoms with E-state index in [0.717, 1.165) is 23.4 Å². The molecule has 4 rings (SSSR count). The van der Waals surface area contributed by atoms with Gasteiger partial charge in [-0.3, -0.25) is 0 Å². The molecule has 6 heteroatoms. The largest absolute Gasteiger partial charge is 0.495 e. The van der Waals surface area contributed by atoms with Crippen molar-refractivity contribution in [2.24, 2.45) is 0 Å². The molecule has 1 heterocycles. The summed E-state index contributed by atoms with van der Waals surface area (Å²) >= 11 is 0. The third-order valence-electron chi connectivity index (χ3n) is 5.35. The highest BCUT2D eigenvalue weighted by molar-refractivity contribution is 7.93. The van der Waals surface area contributed by atoms with Crippen LogP contribution in [0.3, 0.4) is 0 Å². The zero-order valence-electron chi connectivity index (χ0n) is 15.5. The number of aryl methyl sites for hydroxylation is 1. The lowest BCUT2D eigenvalue weighted by Crippen LogP contribution is -2.49. The molecule has 2 aromatic rings. The summed E-state index contributed by atoms with van der Waals surface area (Å²) in [5.74, 6) is 0.820. The molecule has 0 N–H and O–H groups in total. The van der Waals surface area contributed by atoms with Crippen LogP contribution in [-0.4, -0.2) is 46.0 Å². The van der Waals surface area contributed by atoms with Crippen molar-refractivity contribution in [1.29, 1.82) is 0 Å². The van der Waals surface area contributed by atoms with E-state index in [9.17, 15) is 8.42 Å². The molecule has 0 saturated carbocycles. The average molecular weight is 385 g/mol. The van der Waals surface area contributed by atoms with Gasteiger partial charge in [0, 0.05) is 26.2 Å². The van der Waals surface area contributed by atoms with E-state index in [1.165, 1.54) is 5.56 Å². The molecule has 5 nitrogen and oxygen atoms in total. The Labute approximate surface area is 160 Å². The van der Waals surface area contributed by atoms with Gasteiger partial charge in [-0.25, -0.2) is 8.42 Å². The van der Waals surface area contributed by atoms with E-state index in [-0.39, 0.29) is 0 Å². The first-order chi connectivity index (χ1) is 13.1. The second kappa shape index (κ2) is 7.37. The lowest BCUT2D eigenvalue weighted by molar-refractivity contribution is 0.380. The molecule has 0 spiro atoms. The molecular weight excluding hydrogens is 360 g/mol. The van der Waals surface area contributed by atoms with Crippen molar-refractivity contribution >= 4 is 21.8 Å². The van der Waals surface area contributed by atoms with Gasteiger partial charge in [-0.2, -0.15) is 4.31 Å². The number of allylic oxidation sites excluding steroid dienone is 1. The fourth-order valence-corrected chi connectivity index (χ4v) is 5.45. The van der Waals surface area contributed by atoms with Gasteiger partial charge in [-0.1, -0.05) is 36.4 Å². The summed E-state index contributed by atoms with van der Waals surface area (Å²) in [6.07, 6.45) is 3.20. The summed E-state index contributed by atoms with van der Waals surface area (Å²) in [7, 11) is -1.75. The number of piperazine rings is 1. The Morgan fingerprint density at radius 3 is 2.37 bits per heavy atom. The van der Waals surface area contributed by atoms with Gasteiger partial charge in [0.2, 0.25) is 10.0 Å². The number of hydrogen-bond donors (Lipinski definition) is 0. The molecule has 1 saturated heterocycles. The topological polar surface area (TPSA) is 49.9 Å². The van der Waals surface area contributed by atoms with Gasteiger partial charge in [-0.05, 0) is 42.2 Å². The standard InChI is InChI=1S/C21H24N2O3S/c1-26-21-9-5-4-8-20(21)22-12-14-23(15-13-22)27(24,25)19-11-10-17-6-2-3-7-18(17)16-19/h2-9,16H,10-15H2,1H3. The molecule has 0 amide bonds. The highest BCUT2D eigenvalue weighted by atomic mass is 32.2. The van der Waals surface area contributed by atoms with Crippen molar-refractivity contribution < 1.29 is 13.2 Å². The molecule has 2 aromatic carbocycles. The summed E-state index contributed by atoms with van der Waals surface area (Å²) in [4.78, 5) is 2.72. The van der Waals surface area contributed by atoms with Crippen LogP contribution in [0.25, 0.3) is 6.08 Å². The Balaban J connectivity index is 1.50. The maximum Gasteiger partial charge on any atom is 0.239 e. The van der Waals surface area contributed by atoms with Gasteiger partial charge < -0.3 is 9.64 Å². The van der Waals surface area contributed by atoms with Crippen LogP contribution in [0.2, 0.25) is 0 Å². The molecule has 0 aromatic heterocycles. The molecule has 1 aliphatic carbocycles. The maximum absolute atomic E-state index is 13.1. The molecule has 27 heavy (non-hydrogen) atoms. The van der Waals surface area contributed by atoms with Gasteiger partial charge in [0.05, 0.1) is 17.7 Å². The Kier molecular flexibility index (Phi) is 4.93. The summed E-state index contributed by atoms with van der Waals surface area (Å²) < 4.78 is 33.3. The minimum absolute atomic E-state index is 0.485. The van der Waals surface area contributed by atoms with Crippen LogP contribution < -0.4 is 9.64 Å². The number of methoxy groups -OCH3 is 1. The second-order valence-electron chi connectivity index (χ2n) is 6.87. The number of benzene rings is 2. The van der Waals surface area contributed by atoms with E-state index < -0.39 is 10.0 Å². The lowest BCUT2D eigenvalue weighted by Gasteiger charge is -2.36. The second-order valence-corrected chi connectivity index (χ2v) is 8.86. The number of hydrogen-bond acceptors (Lipinski definition) is 4. The van der Waals surface area contributed by atoms with Gasteiger partial charge in [-0.15, -0.1) is 0 Å². The molecule has 0 unspecified atom stereocenters. The number of sulfonamides is 1. The number of para-hydroxylation sites is 2. The monoisotopic (exact) mass is 384 g/mol. The van der Waals surface area contributed by atoms with E-state index in [1.807, 2.05) is 48.5 Å². The number of rotatable bonds is 4. The summed E-state index contributed by atoms with van der Waals surface area (Å²) in [6, 6.07) is 15.9. The van der Waals surface area contributed by atoms with Crippen LogP contribution in [-0.2, 0) is 16.4 Å². The van der Waals surface area contributed by atoms with Crippen molar-refractivity contribution in [2.45, 2.75) is 12.8 Å². The smallest absolute Gasteiger partial charge is 0.239 e. The summed E-state index contributed by atoms with van der Waals surface area (Å²) in [5.41, 5.74) is 3.26. The quantitative estimate of drug-likeness (QED) is 0.813. The van der Waals surface area contributed by atoms with Gasteiger partial charge in [0.25, 0.3) is 0 Å². The third kappa shape index (κ3) is 3.47. The molecule has 0 bridgehead atoms. The van der Waals surface area contributed by atoms with Crippen LogP contribution in [0.4, 0.5) is 5.69 Å². The first-order valence-corrected chi connectivity index (χ1v) is 10.7. The fraction of sp³-hybridized carbons (Fsp3) is 0.333. The first kappa shape index (κ1) is 18.1. The van der Waals surface area contributed by atoms with Crippen LogP contribution in [0, 0.1) is 0 Å². The van der Waals surface area contributed by atoms with Crippen LogP contribution in [0.15, 0.2) is 53.4 Å². The zero-order valence-corrected chi connectivity index (χ0v) is 16.3. The van der Waals surface area contributed by atoms with E-state index in [2.05, 4.69) is 11.0 Å². The maximum atomic E-state index is 13.1. The number of anilines is 1. The highest BCUT2D eigenvalue weighted by Gasteiger charge is 2.31. The van der Waals surface area contributed by atoms with Crippen LogP contribution in [0.5, 0.6) is 5.75 Å². The number of ether oxygens (including phenoxy) is 1. The van der Waals surface area contributed by atoms with Crippen molar-refractivity contribution in [1.82, 2.24) is 4.31 Å². The van der Waals surface area contributed by atoms with Gasteiger partial charge >= 0.3 is 0 Å². The Morgan fingerprint density at radius 2 is 1.59 bits per heavy atom. The average Bonchev–Trinajstić information content (AvgIpc) is 2.73.